The third kappa shape index (κ3) is 7.41. The molecule has 2 amide bonds. The van der Waals surface area contributed by atoms with Crippen molar-refractivity contribution in [2.75, 3.05) is 26.3 Å². The van der Waals surface area contributed by atoms with Crippen LogP contribution in [0.5, 0.6) is 0 Å². The first kappa shape index (κ1) is 28.3. The molecular formula is C18H32N2O12. The van der Waals surface area contributed by atoms with Crippen molar-refractivity contribution < 1.29 is 59.9 Å². The average Bonchev–Trinajstić information content (AvgIpc) is 2.77. The normalized spacial score (nSPS) is 29.5. The molecule has 32 heavy (non-hydrogen) atoms. The Morgan fingerprint density at radius 2 is 1.62 bits per heavy atom. The van der Waals surface area contributed by atoms with Crippen LogP contribution in [0.15, 0.2) is 12.2 Å². The van der Waals surface area contributed by atoms with E-state index in [1.54, 1.807) is 0 Å². The van der Waals surface area contributed by atoms with E-state index in [0.717, 1.165) is 0 Å². The van der Waals surface area contributed by atoms with Gasteiger partial charge in [-0.15, -0.1) is 0 Å². The molecule has 1 rings (SSSR count). The first-order valence-corrected chi connectivity index (χ1v) is 9.78. The predicted molar refractivity (Wildman–Crippen MR) is 105 cm³/mol. The number of rotatable bonds is 12. The molecule has 14 heteroatoms. The summed E-state index contributed by atoms with van der Waals surface area (Å²) in [5.41, 5.74) is 0.248. The maximum Gasteiger partial charge on any atom is 0.251 e. The van der Waals surface area contributed by atoms with Crippen LogP contribution in [-0.4, -0.2) is 134 Å². The molecular weight excluding hydrogens is 436 g/mol. The van der Waals surface area contributed by atoms with Crippen molar-refractivity contribution in [3.8, 4) is 0 Å². The van der Waals surface area contributed by atoms with Crippen LogP contribution in [0.4, 0.5) is 0 Å². The Labute approximate surface area is 183 Å². The van der Waals surface area contributed by atoms with Crippen LogP contribution in [0.1, 0.15) is 6.92 Å². The van der Waals surface area contributed by atoms with Gasteiger partial charge in [-0.3, -0.25) is 9.59 Å². The minimum absolute atomic E-state index is 0.00961. The molecule has 0 unspecified atom stereocenters. The second kappa shape index (κ2) is 13.1. The monoisotopic (exact) mass is 468 g/mol. The highest BCUT2D eigenvalue weighted by atomic mass is 16.7. The van der Waals surface area contributed by atoms with Crippen molar-refractivity contribution in [3.05, 3.63) is 12.2 Å². The fourth-order valence-corrected chi connectivity index (χ4v) is 2.79. The Morgan fingerprint density at radius 1 is 1.03 bits per heavy atom. The van der Waals surface area contributed by atoms with E-state index < -0.39 is 80.1 Å². The molecule has 0 radical (unpaired) electrons. The largest absolute Gasteiger partial charge is 0.394 e. The summed E-state index contributed by atoms with van der Waals surface area (Å²) in [6, 6.07) is 0. The molecule has 0 aromatic rings. The first-order valence-electron chi connectivity index (χ1n) is 9.78. The number of amides is 2. The Hall–Kier alpha value is -1.72. The Morgan fingerprint density at radius 3 is 2.16 bits per heavy atom. The smallest absolute Gasteiger partial charge is 0.251 e. The molecule has 10 N–H and O–H groups in total. The minimum Gasteiger partial charge on any atom is -0.394 e. The van der Waals surface area contributed by atoms with Crippen molar-refractivity contribution in [3.63, 3.8) is 0 Å². The summed E-state index contributed by atoms with van der Waals surface area (Å²) in [7, 11) is 0. The Balaban J connectivity index is 2.78. The minimum atomic E-state index is -2.18. The fourth-order valence-electron chi connectivity index (χ4n) is 2.79. The van der Waals surface area contributed by atoms with Gasteiger partial charge in [0.05, 0.1) is 13.2 Å². The van der Waals surface area contributed by atoms with Gasteiger partial charge in [0.2, 0.25) is 5.91 Å². The topological polar surface area (TPSA) is 238 Å². The molecule has 0 bridgehead atoms. The van der Waals surface area contributed by atoms with Gasteiger partial charge in [0.25, 0.3) is 5.91 Å². The van der Waals surface area contributed by atoms with Crippen molar-refractivity contribution in [2.24, 2.45) is 0 Å². The number of aliphatic hydroxyl groups is 8. The SMILES string of the molecule is C=C(C)C(=O)NCCNC(=O)[C@H](O)[C@@H](O)[C@H](O[C@@H]1O[C@H](CO)[C@H](O)[C@H](O)[C@H]1O)[C@H](O)CO. The van der Waals surface area contributed by atoms with E-state index >= 15 is 0 Å². The Bertz CT molecular complexity index is 633. The number of ether oxygens (including phenoxy) is 2. The van der Waals surface area contributed by atoms with Crippen LogP contribution < -0.4 is 10.6 Å². The highest BCUT2D eigenvalue weighted by Gasteiger charge is 2.47. The highest BCUT2D eigenvalue weighted by molar-refractivity contribution is 5.92. The molecule has 1 aliphatic heterocycles. The first-order chi connectivity index (χ1) is 15.0. The number of hydrogen-bond donors (Lipinski definition) is 10. The lowest BCUT2D eigenvalue weighted by Crippen LogP contribution is -2.62. The van der Waals surface area contributed by atoms with E-state index in [4.69, 9.17) is 9.47 Å². The maximum absolute atomic E-state index is 12.1. The van der Waals surface area contributed by atoms with Gasteiger partial charge in [-0.1, -0.05) is 6.58 Å². The quantitative estimate of drug-likeness (QED) is 0.0951. The molecule has 1 saturated heterocycles. The molecule has 14 nitrogen and oxygen atoms in total. The zero-order chi connectivity index (χ0) is 24.6. The zero-order valence-corrected chi connectivity index (χ0v) is 17.4. The number of carbonyl (C=O) groups excluding carboxylic acids is 2. The standard InChI is InChI=1S/C18H32N2O12/c1-7(2)16(29)19-3-4-20-17(30)13(27)12(26)15(8(23)5-21)32-18-14(28)11(25)10(24)9(6-22)31-18/h8-15,18,21-28H,1,3-6H2,2H3,(H,19,29)(H,20,30)/t8-,9-,10+,11+,12-,13-,14-,15-,18+/m1/s1. The van der Waals surface area contributed by atoms with Gasteiger partial charge in [0.15, 0.2) is 12.4 Å². The second-order valence-electron chi connectivity index (χ2n) is 7.31. The third-order valence-electron chi connectivity index (χ3n) is 4.73. The molecule has 0 saturated carbocycles. The molecule has 0 aromatic heterocycles. The molecule has 0 aromatic carbocycles. The molecule has 1 fully saturated rings. The molecule has 0 spiro atoms. The van der Waals surface area contributed by atoms with Gasteiger partial charge < -0.3 is 61.0 Å². The van der Waals surface area contributed by atoms with Crippen LogP contribution in [0.3, 0.4) is 0 Å². The molecule has 0 aliphatic carbocycles. The molecule has 186 valence electrons. The summed E-state index contributed by atoms with van der Waals surface area (Å²) in [6.45, 7) is 3.03. The summed E-state index contributed by atoms with van der Waals surface area (Å²) < 4.78 is 10.3. The van der Waals surface area contributed by atoms with Crippen molar-refractivity contribution in [1.29, 1.82) is 0 Å². The third-order valence-corrected chi connectivity index (χ3v) is 4.73. The van der Waals surface area contributed by atoms with E-state index in [1.165, 1.54) is 6.92 Å². The van der Waals surface area contributed by atoms with E-state index in [9.17, 15) is 50.4 Å². The van der Waals surface area contributed by atoms with Crippen molar-refractivity contribution >= 4 is 11.8 Å². The highest BCUT2D eigenvalue weighted by Crippen LogP contribution is 2.25. The van der Waals surface area contributed by atoms with Gasteiger partial charge in [0.1, 0.15) is 42.7 Å². The van der Waals surface area contributed by atoms with E-state index in [2.05, 4.69) is 17.2 Å². The van der Waals surface area contributed by atoms with Gasteiger partial charge in [-0.05, 0) is 6.92 Å². The molecule has 1 heterocycles. The molecule has 9 atom stereocenters. The van der Waals surface area contributed by atoms with Crippen molar-refractivity contribution in [2.45, 2.75) is 62.0 Å². The van der Waals surface area contributed by atoms with Crippen LogP contribution in [0.25, 0.3) is 0 Å². The predicted octanol–water partition coefficient (Wildman–Crippen LogP) is -5.94. The number of carbonyl (C=O) groups is 2. The van der Waals surface area contributed by atoms with Gasteiger partial charge in [-0.25, -0.2) is 0 Å². The van der Waals surface area contributed by atoms with Crippen LogP contribution >= 0.6 is 0 Å². The van der Waals surface area contributed by atoms with Gasteiger partial charge in [-0.2, -0.15) is 0 Å². The summed E-state index contributed by atoms with van der Waals surface area (Å²) in [5.74, 6) is -1.55. The lowest BCUT2D eigenvalue weighted by atomic mass is 9.98. The lowest BCUT2D eigenvalue weighted by molar-refractivity contribution is -0.326. The van der Waals surface area contributed by atoms with Gasteiger partial charge >= 0.3 is 0 Å². The summed E-state index contributed by atoms with van der Waals surface area (Å²) in [4.78, 5) is 23.5. The van der Waals surface area contributed by atoms with Gasteiger partial charge in [0, 0.05) is 18.7 Å². The average molecular weight is 468 g/mol. The number of aliphatic hydroxyl groups excluding tert-OH is 8. The van der Waals surface area contributed by atoms with E-state index in [-0.39, 0.29) is 18.7 Å². The fraction of sp³-hybridized carbons (Fsp3) is 0.778. The summed E-state index contributed by atoms with van der Waals surface area (Å²) in [6.07, 6.45) is -16.7. The maximum atomic E-state index is 12.1. The number of nitrogens with one attached hydrogen (secondary N) is 2. The van der Waals surface area contributed by atoms with Crippen LogP contribution in [0, 0.1) is 0 Å². The number of hydrogen-bond acceptors (Lipinski definition) is 12. The Kier molecular flexibility index (Phi) is 11.6. The van der Waals surface area contributed by atoms with E-state index in [0.29, 0.717) is 0 Å². The van der Waals surface area contributed by atoms with Crippen LogP contribution in [-0.2, 0) is 19.1 Å². The lowest BCUT2D eigenvalue weighted by Gasteiger charge is -2.42. The molecule has 1 aliphatic rings. The summed E-state index contributed by atoms with van der Waals surface area (Å²) >= 11 is 0. The second-order valence-corrected chi connectivity index (χ2v) is 7.31. The zero-order valence-electron chi connectivity index (χ0n) is 17.4. The van der Waals surface area contributed by atoms with Crippen molar-refractivity contribution in [1.82, 2.24) is 10.6 Å². The van der Waals surface area contributed by atoms with E-state index in [1.807, 2.05) is 0 Å². The van der Waals surface area contributed by atoms with Crippen LogP contribution in [0.2, 0.25) is 0 Å². The summed E-state index contributed by atoms with van der Waals surface area (Å²) in [5, 5.41) is 83.2.